The topological polar surface area (TPSA) is 35.2 Å². The highest BCUT2D eigenvalue weighted by molar-refractivity contribution is 7.99. The third kappa shape index (κ3) is 3.17. The zero-order chi connectivity index (χ0) is 13.8. The molecule has 1 aliphatic rings. The van der Waals surface area contributed by atoms with E-state index < -0.39 is 0 Å². The largest absolute Gasteiger partial charge is 0.493 e. The van der Waals surface area contributed by atoms with E-state index in [1.54, 1.807) is 0 Å². The molecule has 0 spiro atoms. The van der Waals surface area contributed by atoms with Gasteiger partial charge in [-0.15, -0.1) is 11.8 Å². The summed E-state index contributed by atoms with van der Waals surface area (Å²) in [6.07, 6.45) is 2.13. The lowest BCUT2D eigenvalue weighted by molar-refractivity contribution is 0.343. The average Bonchev–Trinajstić information content (AvgIpc) is 2.86. The number of aryl methyl sites for hydroxylation is 1. The van der Waals surface area contributed by atoms with Crippen LogP contribution < -0.4 is 10.5 Å². The summed E-state index contributed by atoms with van der Waals surface area (Å²) in [6, 6.07) is 16.9. The molecule has 0 amide bonds. The van der Waals surface area contributed by atoms with Crippen LogP contribution in [0.2, 0.25) is 0 Å². The molecule has 3 rings (SSSR count). The molecular formula is C17H19NOS. The van der Waals surface area contributed by atoms with Crippen molar-refractivity contribution in [3.63, 3.8) is 0 Å². The summed E-state index contributed by atoms with van der Waals surface area (Å²) in [5.74, 6) is 1.92. The van der Waals surface area contributed by atoms with Gasteiger partial charge >= 0.3 is 0 Å². The second kappa shape index (κ2) is 6.33. The van der Waals surface area contributed by atoms with E-state index in [0.717, 1.165) is 31.0 Å². The number of benzene rings is 2. The second-order valence-electron chi connectivity index (χ2n) is 5.02. The van der Waals surface area contributed by atoms with Crippen LogP contribution in [-0.4, -0.2) is 12.4 Å². The molecule has 104 valence electrons. The van der Waals surface area contributed by atoms with Gasteiger partial charge in [-0.25, -0.2) is 0 Å². The van der Waals surface area contributed by atoms with E-state index in [4.69, 9.17) is 10.5 Å². The third-order valence-corrected chi connectivity index (χ3v) is 4.58. The molecule has 0 heterocycles. The number of rotatable bonds is 5. The maximum absolute atomic E-state index is 6.04. The standard InChI is InChI=1S/C17H19NOS/c18-17-9-6-13-12-14(7-8-16(13)17)19-10-11-20-15-4-2-1-3-5-15/h1-5,7-8,12,17H,6,9-11,18H2/t17-/m0/s1. The van der Waals surface area contributed by atoms with Crippen molar-refractivity contribution in [3.8, 4) is 5.75 Å². The van der Waals surface area contributed by atoms with Gasteiger partial charge in [-0.2, -0.15) is 0 Å². The Hall–Kier alpha value is -1.45. The molecule has 2 nitrogen and oxygen atoms in total. The minimum atomic E-state index is 0.215. The molecule has 0 bridgehead atoms. The zero-order valence-electron chi connectivity index (χ0n) is 11.4. The minimum Gasteiger partial charge on any atom is -0.493 e. The summed E-state index contributed by atoms with van der Waals surface area (Å²) in [5, 5.41) is 0. The monoisotopic (exact) mass is 285 g/mol. The van der Waals surface area contributed by atoms with Crippen molar-refractivity contribution in [3.05, 3.63) is 59.7 Å². The molecule has 20 heavy (non-hydrogen) atoms. The van der Waals surface area contributed by atoms with Crippen LogP contribution in [0, 0.1) is 0 Å². The van der Waals surface area contributed by atoms with Crippen molar-refractivity contribution >= 4 is 11.8 Å². The molecule has 0 radical (unpaired) electrons. The molecular weight excluding hydrogens is 266 g/mol. The number of ether oxygens (including phenoxy) is 1. The quantitative estimate of drug-likeness (QED) is 0.670. The van der Waals surface area contributed by atoms with Crippen LogP contribution in [0.25, 0.3) is 0 Å². The number of thioether (sulfide) groups is 1. The molecule has 0 aromatic heterocycles. The predicted octanol–water partition coefficient (Wildman–Crippen LogP) is 3.80. The van der Waals surface area contributed by atoms with Gasteiger partial charge in [0.2, 0.25) is 0 Å². The minimum absolute atomic E-state index is 0.215. The Bertz CT molecular complexity index is 570. The van der Waals surface area contributed by atoms with Gasteiger partial charge in [-0.1, -0.05) is 24.3 Å². The summed E-state index contributed by atoms with van der Waals surface area (Å²) in [6.45, 7) is 0.727. The first-order valence-electron chi connectivity index (χ1n) is 7.02. The Labute approximate surface area is 124 Å². The Morgan fingerprint density at radius 1 is 1.15 bits per heavy atom. The van der Waals surface area contributed by atoms with Crippen LogP contribution in [0.15, 0.2) is 53.4 Å². The lowest BCUT2D eigenvalue weighted by atomic mass is 10.1. The smallest absolute Gasteiger partial charge is 0.119 e. The van der Waals surface area contributed by atoms with Gasteiger partial charge in [0.05, 0.1) is 6.61 Å². The fourth-order valence-electron chi connectivity index (χ4n) is 2.55. The van der Waals surface area contributed by atoms with Crippen LogP contribution in [0.4, 0.5) is 0 Å². The molecule has 2 aromatic carbocycles. The van der Waals surface area contributed by atoms with Crippen LogP contribution in [0.3, 0.4) is 0 Å². The molecule has 0 aliphatic heterocycles. The lowest BCUT2D eigenvalue weighted by Crippen LogP contribution is -2.05. The Balaban J connectivity index is 1.50. The summed E-state index contributed by atoms with van der Waals surface area (Å²) < 4.78 is 5.83. The molecule has 0 unspecified atom stereocenters. The molecule has 0 saturated heterocycles. The van der Waals surface area contributed by atoms with Crippen LogP contribution in [-0.2, 0) is 6.42 Å². The second-order valence-corrected chi connectivity index (χ2v) is 6.18. The van der Waals surface area contributed by atoms with Crippen LogP contribution in [0.5, 0.6) is 5.75 Å². The maximum Gasteiger partial charge on any atom is 0.119 e. The molecule has 2 aromatic rings. The van der Waals surface area contributed by atoms with Crippen molar-refractivity contribution < 1.29 is 4.74 Å². The van der Waals surface area contributed by atoms with E-state index in [9.17, 15) is 0 Å². The van der Waals surface area contributed by atoms with Gasteiger partial charge in [-0.3, -0.25) is 0 Å². The molecule has 1 atom stereocenters. The number of hydrogen-bond donors (Lipinski definition) is 1. The first-order chi connectivity index (χ1) is 9.83. The predicted molar refractivity (Wildman–Crippen MR) is 84.4 cm³/mol. The summed E-state index contributed by atoms with van der Waals surface area (Å²) >= 11 is 1.82. The van der Waals surface area contributed by atoms with E-state index >= 15 is 0 Å². The van der Waals surface area contributed by atoms with E-state index in [2.05, 4.69) is 36.4 Å². The van der Waals surface area contributed by atoms with Crippen molar-refractivity contribution in [2.75, 3.05) is 12.4 Å². The Kier molecular flexibility index (Phi) is 4.28. The highest BCUT2D eigenvalue weighted by atomic mass is 32.2. The van der Waals surface area contributed by atoms with Gasteiger partial charge in [0, 0.05) is 16.7 Å². The van der Waals surface area contributed by atoms with Gasteiger partial charge in [-0.05, 0) is 48.2 Å². The molecule has 1 aliphatic carbocycles. The highest BCUT2D eigenvalue weighted by Gasteiger charge is 2.18. The molecule has 3 heteroatoms. The van der Waals surface area contributed by atoms with Crippen molar-refractivity contribution in [2.24, 2.45) is 5.73 Å². The molecule has 2 N–H and O–H groups in total. The van der Waals surface area contributed by atoms with E-state index in [0.29, 0.717) is 0 Å². The third-order valence-electron chi connectivity index (χ3n) is 3.60. The highest BCUT2D eigenvalue weighted by Crippen LogP contribution is 2.31. The Morgan fingerprint density at radius 2 is 2.00 bits per heavy atom. The first kappa shape index (κ1) is 13.5. The van der Waals surface area contributed by atoms with Gasteiger partial charge in [0.25, 0.3) is 0 Å². The summed E-state index contributed by atoms with van der Waals surface area (Å²) in [4.78, 5) is 1.29. The van der Waals surface area contributed by atoms with E-state index in [-0.39, 0.29) is 6.04 Å². The van der Waals surface area contributed by atoms with Gasteiger partial charge < -0.3 is 10.5 Å². The fourth-order valence-corrected chi connectivity index (χ4v) is 3.30. The van der Waals surface area contributed by atoms with Gasteiger partial charge in [0.1, 0.15) is 5.75 Å². The van der Waals surface area contributed by atoms with Crippen molar-refractivity contribution in [2.45, 2.75) is 23.8 Å². The van der Waals surface area contributed by atoms with Crippen molar-refractivity contribution in [1.29, 1.82) is 0 Å². The first-order valence-corrected chi connectivity index (χ1v) is 8.00. The Morgan fingerprint density at radius 3 is 2.85 bits per heavy atom. The maximum atomic E-state index is 6.04. The lowest BCUT2D eigenvalue weighted by Gasteiger charge is -2.09. The number of fused-ring (bicyclic) bond motifs is 1. The summed E-state index contributed by atoms with van der Waals surface area (Å²) in [7, 11) is 0. The number of nitrogens with two attached hydrogens (primary N) is 1. The van der Waals surface area contributed by atoms with Crippen molar-refractivity contribution in [1.82, 2.24) is 0 Å². The van der Waals surface area contributed by atoms with Gasteiger partial charge in [0.15, 0.2) is 0 Å². The van der Waals surface area contributed by atoms with Crippen LogP contribution >= 0.6 is 11.8 Å². The summed E-state index contributed by atoms with van der Waals surface area (Å²) in [5.41, 5.74) is 8.68. The van der Waals surface area contributed by atoms with E-state index in [1.165, 1.54) is 16.0 Å². The fraction of sp³-hybridized carbons (Fsp3) is 0.294. The SMILES string of the molecule is N[C@H]1CCc2cc(OCCSc3ccccc3)ccc21. The normalized spacial score (nSPS) is 16.9. The zero-order valence-corrected chi connectivity index (χ0v) is 12.2. The molecule has 0 saturated carbocycles. The molecule has 0 fully saturated rings. The average molecular weight is 285 g/mol. The number of hydrogen-bond acceptors (Lipinski definition) is 3. The van der Waals surface area contributed by atoms with E-state index in [1.807, 2.05) is 23.9 Å². The van der Waals surface area contributed by atoms with Crippen LogP contribution in [0.1, 0.15) is 23.6 Å².